The Labute approximate surface area is 95.9 Å². The Morgan fingerprint density at radius 2 is 1.94 bits per heavy atom. The lowest BCUT2D eigenvalue weighted by molar-refractivity contribution is 0.100. The average molecular weight is 234 g/mol. The largest absolute Gasteiger partial charge is 0.361 e. The number of carbonyl (C=O) groups excluding carboxylic acids is 1. The Balaban J connectivity index is 2.69. The third kappa shape index (κ3) is 1.65. The molecule has 1 heterocycles. The Bertz CT molecular complexity index is 534. The van der Waals surface area contributed by atoms with Crippen molar-refractivity contribution in [3.05, 3.63) is 40.9 Å². The van der Waals surface area contributed by atoms with Crippen LogP contribution in [0.2, 0.25) is 0 Å². The summed E-state index contributed by atoms with van der Waals surface area (Å²) in [6.07, 6.45) is 0. The van der Waals surface area contributed by atoms with Gasteiger partial charge in [-0.3, -0.25) is 4.79 Å². The molecule has 0 aliphatic rings. The zero-order valence-electron chi connectivity index (χ0n) is 8.81. The molecule has 0 aliphatic heterocycles. The van der Waals surface area contributed by atoms with E-state index in [2.05, 4.69) is 4.98 Å². The van der Waals surface area contributed by atoms with Crippen molar-refractivity contribution < 1.29 is 4.79 Å². The van der Waals surface area contributed by atoms with Crippen LogP contribution >= 0.6 is 10.5 Å². The predicted octanol–water partition coefficient (Wildman–Crippen LogP) is 1.81. The number of carbonyl (C=O) groups is 1. The number of nitrogens with two attached hydrogens (primary N) is 2. The molecule has 1 aromatic carbocycles. The Hall–Kier alpha value is -1.88. The summed E-state index contributed by atoms with van der Waals surface area (Å²) in [4.78, 5) is 17.0. The maximum atomic E-state index is 11.4. The van der Waals surface area contributed by atoms with E-state index in [1.807, 2.05) is 30.3 Å². The lowest BCUT2D eigenvalue weighted by Gasteiger charge is -1.92. The fourth-order valence-electron chi connectivity index (χ4n) is 1.59. The Kier molecular flexibility index (Phi) is 2.62. The van der Waals surface area contributed by atoms with Gasteiger partial charge in [0, 0.05) is 0 Å². The number of aryl methyl sites for hydroxylation is 1. The maximum Gasteiger partial charge on any atom is 0.343 e. The molecular weight excluding hydrogens is 222 g/mol. The van der Waals surface area contributed by atoms with Gasteiger partial charge in [-0.1, -0.05) is 18.2 Å². The first-order valence-electron chi connectivity index (χ1n) is 4.75. The minimum Gasteiger partial charge on any atom is -0.361 e. The summed E-state index contributed by atoms with van der Waals surface area (Å²) < 4.78 is 0. The minimum absolute atomic E-state index is 0.450. The second-order valence-corrected chi connectivity index (χ2v) is 5.26. The summed E-state index contributed by atoms with van der Waals surface area (Å²) in [5.41, 5.74) is 11.8. The quantitative estimate of drug-likeness (QED) is 0.777. The van der Waals surface area contributed by atoms with Crippen LogP contribution in [0.4, 0.5) is 5.13 Å². The molecule has 0 saturated carbocycles. The van der Waals surface area contributed by atoms with Gasteiger partial charge >= 0.3 is 11.0 Å². The van der Waals surface area contributed by atoms with Crippen LogP contribution in [-0.2, 0) is 0 Å². The van der Waals surface area contributed by atoms with Crippen LogP contribution < -0.4 is 11.5 Å². The number of nitrogen functional groups attached to an aromatic ring is 1. The first-order valence-corrected chi connectivity index (χ1v) is 5.98. The van der Waals surface area contributed by atoms with Gasteiger partial charge < -0.3 is 11.5 Å². The number of primary amides is 1. The molecule has 2 aromatic rings. The topological polar surface area (TPSA) is 82.0 Å². The second kappa shape index (κ2) is 3.94. The van der Waals surface area contributed by atoms with Crippen molar-refractivity contribution >= 4 is 21.5 Å². The van der Waals surface area contributed by atoms with Crippen molar-refractivity contribution in [3.8, 4) is 4.90 Å². The van der Waals surface area contributed by atoms with Crippen molar-refractivity contribution in [1.82, 2.24) is 4.98 Å². The van der Waals surface area contributed by atoms with E-state index >= 15 is 0 Å². The number of thiazole rings is 1. The van der Waals surface area contributed by atoms with Gasteiger partial charge in [-0.05, 0) is 19.1 Å². The van der Waals surface area contributed by atoms with Gasteiger partial charge in [0.1, 0.15) is 5.69 Å². The summed E-state index contributed by atoms with van der Waals surface area (Å²) in [6, 6.07) is 9.57. The molecule has 4 N–H and O–H groups in total. The Morgan fingerprint density at radius 3 is 2.50 bits per heavy atom. The normalized spacial score (nSPS) is 11.4. The molecule has 5 heteroatoms. The lowest BCUT2D eigenvalue weighted by atomic mass is 10.4. The number of nitrogens with zero attached hydrogens (tertiary/aromatic N) is 1. The summed E-state index contributed by atoms with van der Waals surface area (Å²) in [5, 5.41) is 0.456. The Morgan fingerprint density at radius 1 is 1.31 bits per heavy atom. The number of rotatable bonds is 2. The number of anilines is 1. The van der Waals surface area contributed by atoms with Gasteiger partial charge in [-0.15, -0.1) is 0 Å². The zero-order valence-corrected chi connectivity index (χ0v) is 9.62. The molecular formula is C11H12N3OS+. The SMILES string of the molecule is Cc1nc(N)[s+](-c2ccccc2)c1C(N)=O. The second-order valence-electron chi connectivity index (χ2n) is 3.35. The number of benzene rings is 1. The molecule has 0 bridgehead atoms. The van der Waals surface area contributed by atoms with E-state index in [1.165, 1.54) is 0 Å². The molecule has 82 valence electrons. The van der Waals surface area contributed by atoms with E-state index in [0.29, 0.717) is 15.7 Å². The van der Waals surface area contributed by atoms with Gasteiger partial charge in [0.05, 0.1) is 10.5 Å². The third-order valence-corrected chi connectivity index (χ3v) is 4.38. The highest BCUT2D eigenvalue weighted by atomic mass is 32.2. The van der Waals surface area contributed by atoms with Crippen LogP contribution in [-0.4, -0.2) is 10.9 Å². The molecule has 0 aliphatic carbocycles. The monoisotopic (exact) mass is 234 g/mol. The smallest absolute Gasteiger partial charge is 0.343 e. The summed E-state index contributed by atoms with van der Waals surface area (Å²) in [5.74, 6) is -0.450. The van der Waals surface area contributed by atoms with E-state index in [0.717, 1.165) is 4.90 Å². The third-order valence-electron chi connectivity index (χ3n) is 2.22. The zero-order chi connectivity index (χ0) is 11.7. The fourth-order valence-corrected chi connectivity index (χ4v) is 3.47. The molecule has 1 aromatic heterocycles. The van der Waals surface area contributed by atoms with Gasteiger partial charge in [0.2, 0.25) is 0 Å². The number of amides is 1. The summed E-state index contributed by atoms with van der Waals surface area (Å²) in [7, 11) is -0.601. The number of hydrogen-bond donors (Lipinski definition) is 2. The van der Waals surface area contributed by atoms with Crippen LogP contribution in [0.5, 0.6) is 0 Å². The molecule has 1 amide bonds. The van der Waals surface area contributed by atoms with Crippen molar-refractivity contribution in [2.75, 3.05) is 5.73 Å². The van der Waals surface area contributed by atoms with Gasteiger partial charge in [0.25, 0.3) is 4.88 Å². The molecule has 0 saturated heterocycles. The van der Waals surface area contributed by atoms with Crippen molar-refractivity contribution in [2.45, 2.75) is 6.92 Å². The molecule has 2 rings (SSSR count). The van der Waals surface area contributed by atoms with Crippen molar-refractivity contribution in [3.63, 3.8) is 0 Å². The van der Waals surface area contributed by atoms with E-state index in [9.17, 15) is 4.79 Å². The highest BCUT2D eigenvalue weighted by Gasteiger charge is 2.30. The summed E-state index contributed by atoms with van der Waals surface area (Å²) >= 11 is 0. The summed E-state index contributed by atoms with van der Waals surface area (Å²) in [6.45, 7) is 1.75. The van der Waals surface area contributed by atoms with Crippen LogP contribution in [0.25, 0.3) is 4.90 Å². The van der Waals surface area contributed by atoms with Crippen molar-refractivity contribution in [2.24, 2.45) is 5.73 Å². The highest BCUT2D eigenvalue weighted by molar-refractivity contribution is 7.43. The molecule has 1 unspecified atom stereocenters. The highest BCUT2D eigenvalue weighted by Crippen LogP contribution is 2.41. The minimum atomic E-state index is -0.601. The average Bonchev–Trinajstić information content (AvgIpc) is 2.55. The van der Waals surface area contributed by atoms with E-state index in [1.54, 1.807) is 6.92 Å². The van der Waals surface area contributed by atoms with E-state index in [4.69, 9.17) is 11.5 Å². The number of aromatic nitrogens is 1. The van der Waals surface area contributed by atoms with Crippen molar-refractivity contribution in [1.29, 1.82) is 0 Å². The van der Waals surface area contributed by atoms with Crippen LogP contribution in [0.3, 0.4) is 0 Å². The van der Waals surface area contributed by atoms with E-state index < -0.39 is 16.4 Å². The first-order chi connectivity index (χ1) is 7.61. The number of hydrogen-bond acceptors (Lipinski definition) is 3. The van der Waals surface area contributed by atoms with Gasteiger partial charge in [0.15, 0.2) is 4.90 Å². The van der Waals surface area contributed by atoms with Crippen LogP contribution in [0.1, 0.15) is 15.4 Å². The molecule has 0 spiro atoms. The molecule has 4 nitrogen and oxygen atoms in total. The van der Waals surface area contributed by atoms with E-state index in [-0.39, 0.29) is 0 Å². The van der Waals surface area contributed by atoms with Gasteiger partial charge in [-0.25, -0.2) is 0 Å². The predicted molar refractivity (Wildman–Crippen MR) is 65.7 cm³/mol. The molecule has 1 atom stereocenters. The standard InChI is InChI=1S/C11H11N3OS/c1-7-9(10(12)15)16(11(13)14-7)8-5-3-2-4-6-8/h2-6H,1H3,(H3-,12,13,14,15)/p+1. The molecule has 16 heavy (non-hydrogen) atoms. The molecule has 0 radical (unpaired) electrons. The fraction of sp³-hybridized carbons (Fsp3) is 0.0909. The first kappa shape index (κ1) is 10.6. The van der Waals surface area contributed by atoms with Gasteiger partial charge in [-0.2, -0.15) is 4.98 Å². The van der Waals surface area contributed by atoms with Crippen LogP contribution in [0.15, 0.2) is 30.3 Å². The maximum absolute atomic E-state index is 11.4. The molecule has 0 fully saturated rings. The van der Waals surface area contributed by atoms with Crippen LogP contribution in [0, 0.1) is 6.92 Å². The lowest BCUT2D eigenvalue weighted by Crippen LogP contribution is -2.11.